The van der Waals surface area contributed by atoms with Crippen molar-refractivity contribution in [1.82, 2.24) is 4.98 Å². The highest BCUT2D eigenvalue weighted by Crippen LogP contribution is 2.22. The van der Waals surface area contributed by atoms with E-state index in [4.69, 9.17) is 28.5 Å². The van der Waals surface area contributed by atoms with Gasteiger partial charge < -0.3 is 10.1 Å². The smallest absolute Gasteiger partial charge is 0.350 e. The van der Waals surface area contributed by atoms with Gasteiger partial charge >= 0.3 is 5.97 Å². The lowest BCUT2D eigenvalue weighted by Gasteiger charge is -2.04. The van der Waals surface area contributed by atoms with E-state index in [1.807, 2.05) is 0 Å². The number of carbonyl (C=O) groups is 1. The third-order valence-corrected chi connectivity index (χ3v) is 2.27. The summed E-state index contributed by atoms with van der Waals surface area (Å²) in [6, 6.07) is 3.20. The molecule has 18 heavy (non-hydrogen) atoms. The number of rotatable bonds is 4. The van der Waals surface area contributed by atoms with E-state index in [1.165, 1.54) is 18.5 Å². The molecule has 94 valence electrons. The zero-order valence-electron chi connectivity index (χ0n) is 9.41. The first-order chi connectivity index (χ1) is 8.58. The first-order valence-electron chi connectivity index (χ1n) is 4.93. The van der Waals surface area contributed by atoms with Gasteiger partial charge in [-0.25, -0.2) is 9.78 Å². The molecule has 7 heteroatoms. The quantitative estimate of drug-likeness (QED) is 0.523. The van der Waals surface area contributed by atoms with Gasteiger partial charge in [-0.1, -0.05) is 23.2 Å². The molecule has 5 nitrogen and oxygen atoms in total. The number of nitriles is 1. The Morgan fingerprint density at radius 1 is 1.67 bits per heavy atom. The molecule has 0 aliphatic heterocycles. The van der Waals surface area contributed by atoms with Crippen molar-refractivity contribution in [2.24, 2.45) is 0 Å². The minimum Gasteiger partial charge on any atom is -0.462 e. The first-order valence-corrected chi connectivity index (χ1v) is 5.69. The van der Waals surface area contributed by atoms with E-state index in [0.717, 1.165) is 0 Å². The average molecular weight is 286 g/mol. The molecule has 0 amide bonds. The van der Waals surface area contributed by atoms with Gasteiger partial charge in [0.1, 0.15) is 11.9 Å². The number of anilines is 1. The minimum atomic E-state index is -0.711. The Morgan fingerprint density at radius 3 is 2.94 bits per heavy atom. The summed E-state index contributed by atoms with van der Waals surface area (Å²) >= 11 is 11.5. The first kappa shape index (κ1) is 14.3. The van der Waals surface area contributed by atoms with Crippen molar-refractivity contribution in [2.45, 2.75) is 6.92 Å². The SMILES string of the molecule is CCOC(=O)/C(C#N)=C\Nc1ncc(Cl)cc1Cl. The van der Waals surface area contributed by atoms with Crippen molar-refractivity contribution in [3.63, 3.8) is 0 Å². The number of nitrogens with one attached hydrogen (secondary N) is 1. The molecular formula is C11H9Cl2N3O2. The van der Waals surface area contributed by atoms with Crippen LogP contribution in [0, 0.1) is 11.3 Å². The lowest BCUT2D eigenvalue weighted by molar-refractivity contribution is -0.138. The van der Waals surface area contributed by atoms with Crippen LogP contribution in [-0.2, 0) is 9.53 Å². The molecule has 0 unspecified atom stereocenters. The van der Waals surface area contributed by atoms with Crippen molar-refractivity contribution >= 4 is 35.0 Å². The van der Waals surface area contributed by atoms with Gasteiger partial charge in [0.2, 0.25) is 0 Å². The van der Waals surface area contributed by atoms with Crippen molar-refractivity contribution in [3.05, 3.63) is 34.1 Å². The lowest BCUT2D eigenvalue weighted by Crippen LogP contribution is -2.08. The van der Waals surface area contributed by atoms with Crippen LogP contribution < -0.4 is 5.32 Å². The maximum absolute atomic E-state index is 11.3. The molecule has 0 saturated carbocycles. The summed E-state index contributed by atoms with van der Waals surface area (Å²) in [4.78, 5) is 15.2. The molecule has 0 aliphatic rings. The average Bonchev–Trinajstić information content (AvgIpc) is 2.32. The number of hydrogen-bond donors (Lipinski definition) is 1. The summed E-state index contributed by atoms with van der Waals surface area (Å²) in [5, 5.41) is 12.1. The second-order valence-corrected chi connectivity index (χ2v) is 3.86. The zero-order valence-corrected chi connectivity index (χ0v) is 10.9. The van der Waals surface area contributed by atoms with Crippen LogP contribution in [0.3, 0.4) is 0 Å². The monoisotopic (exact) mass is 285 g/mol. The molecule has 1 aromatic rings. The van der Waals surface area contributed by atoms with Crippen molar-refractivity contribution in [2.75, 3.05) is 11.9 Å². The fourth-order valence-corrected chi connectivity index (χ4v) is 1.44. The second kappa shape index (κ2) is 6.84. The number of esters is 1. The van der Waals surface area contributed by atoms with E-state index >= 15 is 0 Å². The molecule has 1 heterocycles. The highest BCUT2D eigenvalue weighted by atomic mass is 35.5. The fourth-order valence-electron chi connectivity index (χ4n) is 1.01. The van der Waals surface area contributed by atoms with Gasteiger partial charge in [-0.05, 0) is 13.0 Å². The molecule has 0 saturated heterocycles. The molecule has 0 radical (unpaired) electrons. The van der Waals surface area contributed by atoms with Crippen LogP contribution in [0.15, 0.2) is 24.0 Å². The van der Waals surface area contributed by atoms with E-state index in [0.29, 0.717) is 5.02 Å². The van der Waals surface area contributed by atoms with Crippen molar-refractivity contribution < 1.29 is 9.53 Å². The number of ether oxygens (including phenoxy) is 1. The highest BCUT2D eigenvalue weighted by molar-refractivity contribution is 6.36. The zero-order chi connectivity index (χ0) is 13.5. The Hall–Kier alpha value is -1.77. The normalized spacial score (nSPS) is 10.7. The molecule has 0 bridgehead atoms. The largest absolute Gasteiger partial charge is 0.462 e. The molecule has 0 spiro atoms. The topological polar surface area (TPSA) is 75.0 Å². The van der Waals surface area contributed by atoms with Gasteiger partial charge in [0.25, 0.3) is 0 Å². The number of hydrogen-bond acceptors (Lipinski definition) is 5. The number of carbonyl (C=O) groups excluding carboxylic acids is 1. The third-order valence-electron chi connectivity index (χ3n) is 1.78. The Balaban J connectivity index is 2.84. The summed E-state index contributed by atoms with van der Waals surface area (Å²) < 4.78 is 4.69. The molecule has 0 atom stereocenters. The Bertz CT molecular complexity index is 524. The predicted octanol–water partition coefficient (Wildman–Crippen LogP) is 2.77. The van der Waals surface area contributed by atoms with E-state index in [9.17, 15) is 4.79 Å². The number of nitrogens with zero attached hydrogens (tertiary/aromatic N) is 2. The van der Waals surface area contributed by atoms with Crippen LogP contribution in [0.1, 0.15) is 6.92 Å². The molecule has 0 fully saturated rings. The van der Waals surface area contributed by atoms with Crippen LogP contribution in [0.5, 0.6) is 0 Å². The molecular weight excluding hydrogens is 277 g/mol. The van der Waals surface area contributed by atoms with Gasteiger partial charge in [-0.15, -0.1) is 0 Å². The van der Waals surface area contributed by atoms with Crippen molar-refractivity contribution in [1.29, 1.82) is 5.26 Å². The number of aromatic nitrogens is 1. The van der Waals surface area contributed by atoms with Gasteiger partial charge in [-0.3, -0.25) is 0 Å². The van der Waals surface area contributed by atoms with Gasteiger partial charge in [0, 0.05) is 12.4 Å². The maximum atomic E-state index is 11.3. The molecule has 1 aromatic heterocycles. The van der Waals surface area contributed by atoms with Crippen LogP contribution in [0.2, 0.25) is 10.0 Å². The lowest BCUT2D eigenvalue weighted by atomic mass is 10.3. The molecule has 1 N–H and O–H groups in total. The van der Waals surface area contributed by atoms with Crippen LogP contribution in [0.25, 0.3) is 0 Å². The summed E-state index contributed by atoms with van der Waals surface area (Å²) in [5.41, 5.74) is -0.176. The van der Waals surface area contributed by atoms with Crippen LogP contribution in [-0.4, -0.2) is 17.6 Å². The Morgan fingerprint density at radius 2 is 2.39 bits per heavy atom. The molecule has 0 aliphatic carbocycles. The molecule has 0 aromatic carbocycles. The maximum Gasteiger partial charge on any atom is 0.350 e. The Kier molecular flexibility index (Phi) is 5.43. The van der Waals surface area contributed by atoms with Gasteiger partial charge in [0.15, 0.2) is 5.57 Å². The van der Waals surface area contributed by atoms with E-state index in [1.54, 1.807) is 13.0 Å². The number of halogens is 2. The fraction of sp³-hybridized carbons (Fsp3) is 0.182. The van der Waals surface area contributed by atoms with Crippen molar-refractivity contribution in [3.8, 4) is 6.07 Å². The second-order valence-electron chi connectivity index (χ2n) is 3.02. The van der Waals surface area contributed by atoms with Gasteiger partial charge in [0.05, 0.1) is 16.7 Å². The van der Waals surface area contributed by atoms with Crippen LogP contribution >= 0.6 is 23.2 Å². The summed E-state index contributed by atoms with van der Waals surface area (Å²) in [6.07, 6.45) is 2.57. The minimum absolute atomic E-state index is 0.176. The van der Waals surface area contributed by atoms with Gasteiger partial charge in [-0.2, -0.15) is 5.26 Å². The highest BCUT2D eigenvalue weighted by Gasteiger charge is 2.10. The predicted molar refractivity (Wildman–Crippen MR) is 68.2 cm³/mol. The van der Waals surface area contributed by atoms with E-state index in [2.05, 4.69) is 15.0 Å². The summed E-state index contributed by atoms with van der Waals surface area (Å²) in [5.74, 6) is -0.421. The van der Waals surface area contributed by atoms with E-state index in [-0.39, 0.29) is 23.0 Å². The molecule has 1 rings (SSSR count). The number of pyridine rings is 1. The Labute approximate surface area is 114 Å². The standard InChI is InChI=1S/C11H9Cl2N3O2/c1-2-18-11(17)7(4-14)5-15-10-9(13)3-8(12)6-16-10/h3,5-6H,2H2,1H3,(H,15,16)/b7-5-. The van der Waals surface area contributed by atoms with Crippen LogP contribution in [0.4, 0.5) is 5.82 Å². The summed E-state index contributed by atoms with van der Waals surface area (Å²) in [7, 11) is 0. The summed E-state index contributed by atoms with van der Waals surface area (Å²) in [6.45, 7) is 1.84. The van der Waals surface area contributed by atoms with E-state index < -0.39 is 5.97 Å². The third kappa shape index (κ3) is 3.91.